The van der Waals surface area contributed by atoms with Crippen molar-refractivity contribution in [1.82, 2.24) is 9.97 Å². The molecule has 5 heteroatoms. The zero-order valence-electron chi connectivity index (χ0n) is 9.88. The maximum absolute atomic E-state index is 11.7. The number of nitrogens with two attached hydrogens (primary N) is 1. The van der Waals surface area contributed by atoms with Gasteiger partial charge in [0, 0.05) is 0 Å². The van der Waals surface area contributed by atoms with Crippen molar-refractivity contribution in [3.63, 3.8) is 0 Å². The van der Waals surface area contributed by atoms with E-state index in [1.807, 2.05) is 6.26 Å². The van der Waals surface area contributed by atoms with E-state index in [-0.39, 0.29) is 5.56 Å². The van der Waals surface area contributed by atoms with E-state index in [1.54, 1.807) is 0 Å². The second-order valence-corrected chi connectivity index (χ2v) is 4.54. The van der Waals surface area contributed by atoms with Crippen LogP contribution in [0.15, 0.2) is 9.95 Å². The fraction of sp³-hybridized carbons (Fsp3) is 0.636. The number of nitrogens with zero attached hydrogens (tertiary/aromatic N) is 1. The zero-order valence-corrected chi connectivity index (χ0v) is 10.7. The van der Waals surface area contributed by atoms with Gasteiger partial charge in [-0.25, -0.2) is 4.98 Å². The van der Waals surface area contributed by atoms with Crippen molar-refractivity contribution in [2.24, 2.45) is 0 Å². The van der Waals surface area contributed by atoms with Gasteiger partial charge in [0.1, 0.15) is 5.82 Å². The van der Waals surface area contributed by atoms with E-state index in [2.05, 4.69) is 16.9 Å². The van der Waals surface area contributed by atoms with Crippen LogP contribution in [-0.4, -0.2) is 16.2 Å². The molecule has 16 heavy (non-hydrogen) atoms. The van der Waals surface area contributed by atoms with Gasteiger partial charge in [-0.15, -0.1) is 0 Å². The summed E-state index contributed by atoms with van der Waals surface area (Å²) in [7, 11) is 0. The van der Waals surface area contributed by atoms with E-state index in [4.69, 9.17) is 5.73 Å². The van der Waals surface area contributed by atoms with Gasteiger partial charge in [0.25, 0.3) is 5.56 Å². The fourth-order valence-corrected chi connectivity index (χ4v) is 1.94. The van der Waals surface area contributed by atoms with E-state index in [9.17, 15) is 4.79 Å². The third-order valence-electron chi connectivity index (χ3n) is 2.50. The molecule has 0 aliphatic rings. The summed E-state index contributed by atoms with van der Waals surface area (Å²) < 4.78 is 0. The third kappa shape index (κ3) is 3.56. The minimum Gasteiger partial charge on any atom is -0.383 e. The molecule has 0 aliphatic carbocycles. The van der Waals surface area contributed by atoms with Crippen molar-refractivity contribution in [1.29, 1.82) is 0 Å². The first kappa shape index (κ1) is 13.1. The molecule has 1 rings (SSSR count). The molecule has 0 aliphatic heterocycles. The van der Waals surface area contributed by atoms with Crippen LogP contribution in [-0.2, 0) is 6.42 Å². The minimum absolute atomic E-state index is 0.0895. The molecule has 90 valence electrons. The first-order valence-corrected chi connectivity index (χ1v) is 6.84. The summed E-state index contributed by atoms with van der Waals surface area (Å²) in [6.07, 6.45) is 7.12. The highest BCUT2D eigenvalue weighted by Gasteiger charge is 2.07. The predicted octanol–water partition coefficient (Wildman–Crippen LogP) is 2.20. The number of unbranched alkanes of at least 4 members (excludes halogenated alkanes) is 3. The first-order valence-electron chi connectivity index (χ1n) is 5.61. The van der Waals surface area contributed by atoms with E-state index in [1.165, 1.54) is 24.6 Å². The van der Waals surface area contributed by atoms with Crippen molar-refractivity contribution in [3.8, 4) is 0 Å². The van der Waals surface area contributed by atoms with Crippen LogP contribution in [0.1, 0.15) is 38.2 Å². The molecule has 0 spiro atoms. The number of aromatic nitrogens is 2. The monoisotopic (exact) mass is 241 g/mol. The summed E-state index contributed by atoms with van der Waals surface area (Å²) in [6.45, 7) is 2.16. The zero-order chi connectivity index (χ0) is 12.0. The van der Waals surface area contributed by atoms with Gasteiger partial charge in [-0.2, -0.15) is 0 Å². The molecule has 0 aromatic carbocycles. The average Bonchev–Trinajstić information content (AvgIpc) is 2.26. The maximum Gasteiger partial charge on any atom is 0.256 e. The molecule has 0 atom stereocenters. The number of rotatable bonds is 6. The molecule has 1 heterocycles. The highest BCUT2D eigenvalue weighted by molar-refractivity contribution is 7.98. The highest BCUT2D eigenvalue weighted by Crippen LogP contribution is 2.12. The predicted molar refractivity (Wildman–Crippen MR) is 68.9 cm³/mol. The van der Waals surface area contributed by atoms with Crippen LogP contribution in [0.5, 0.6) is 0 Å². The molecule has 0 amide bonds. The summed E-state index contributed by atoms with van der Waals surface area (Å²) in [5.41, 5.74) is 6.31. The molecule has 0 bridgehead atoms. The topological polar surface area (TPSA) is 71.8 Å². The van der Waals surface area contributed by atoms with Crippen LogP contribution < -0.4 is 11.3 Å². The van der Waals surface area contributed by atoms with Crippen molar-refractivity contribution >= 4 is 17.6 Å². The van der Waals surface area contributed by atoms with Crippen LogP contribution in [0.2, 0.25) is 0 Å². The molecule has 0 saturated heterocycles. The maximum atomic E-state index is 11.7. The van der Waals surface area contributed by atoms with Gasteiger partial charge in [-0.05, 0) is 19.1 Å². The van der Waals surface area contributed by atoms with E-state index < -0.39 is 0 Å². The molecule has 1 aromatic rings. The third-order valence-corrected chi connectivity index (χ3v) is 3.08. The number of nitrogen functional groups attached to an aromatic ring is 1. The van der Waals surface area contributed by atoms with Crippen molar-refractivity contribution in [3.05, 3.63) is 15.9 Å². The lowest BCUT2D eigenvalue weighted by atomic mass is 10.1. The van der Waals surface area contributed by atoms with Crippen LogP contribution in [0.3, 0.4) is 0 Å². The Labute approximate surface area is 100 Å². The Bertz CT molecular complexity index is 389. The Morgan fingerprint density at radius 1 is 1.38 bits per heavy atom. The second kappa shape index (κ2) is 6.58. The lowest BCUT2D eigenvalue weighted by Crippen LogP contribution is -2.18. The average molecular weight is 241 g/mol. The lowest BCUT2D eigenvalue weighted by Gasteiger charge is -2.05. The number of hydrogen-bond acceptors (Lipinski definition) is 4. The summed E-state index contributed by atoms with van der Waals surface area (Å²) in [5.74, 6) is 0.379. The quantitative estimate of drug-likeness (QED) is 0.455. The van der Waals surface area contributed by atoms with Crippen LogP contribution >= 0.6 is 11.8 Å². The molecule has 0 radical (unpaired) electrons. The molecule has 1 aromatic heterocycles. The second-order valence-electron chi connectivity index (χ2n) is 3.75. The number of aromatic amines is 1. The van der Waals surface area contributed by atoms with Gasteiger partial charge in [0.2, 0.25) is 0 Å². The fourth-order valence-electron chi connectivity index (χ4n) is 1.56. The standard InChI is InChI=1S/C11H19N3OS/c1-3-4-5-6-7-8-9(12)13-11(16-2)14-10(8)15/h3-7H2,1-2H3,(H3,12,13,14,15). The smallest absolute Gasteiger partial charge is 0.256 e. The van der Waals surface area contributed by atoms with Gasteiger partial charge >= 0.3 is 0 Å². The van der Waals surface area contributed by atoms with Gasteiger partial charge < -0.3 is 10.7 Å². The Morgan fingerprint density at radius 2 is 2.12 bits per heavy atom. The van der Waals surface area contributed by atoms with Gasteiger partial charge in [0.05, 0.1) is 5.56 Å². The summed E-state index contributed by atoms with van der Waals surface area (Å²) in [6, 6.07) is 0. The van der Waals surface area contributed by atoms with Crippen LogP contribution in [0.4, 0.5) is 5.82 Å². The largest absolute Gasteiger partial charge is 0.383 e. The van der Waals surface area contributed by atoms with Crippen molar-refractivity contribution < 1.29 is 0 Å². The van der Waals surface area contributed by atoms with Crippen molar-refractivity contribution in [2.45, 2.75) is 44.2 Å². The number of nitrogens with one attached hydrogen (secondary N) is 1. The Balaban J connectivity index is 2.69. The molecular formula is C11H19N3OS. The van der Waals surface area contributed by atoms with Gasteiger partial charge in [-0.1, -0.05) is 37.9 Å². The minimum atomic E-state index is -0.0895. The normalized spacial score (nSPS) is 10.6. The first-order chi connectivity index (χ1) is 7.69. The Kier molecular flexibility index (Phi) is 5.38. The molecule has 0 fully saturated rings. The van der Waals surface area contributed by atoms with E-state index in [0.29, 0.717) is 16.5 Å². The molecule has 0 unspecified atom stereocenters. The molecule has 4 nitrogen and oxygen atoms in total. The number of H-pyrrole nitrogens is 1. The number of thioether (sulfide) groups is 1. The molecule has 0 saturated carbocycles. The molecular weight excluding hydrogens is 222 g/mol. The van der Waals surface area contributed by atoms with Crippen LogP contribution in [0.25, 0.3) is 0 Å². The highest BCUT2D eigenvalue weighted by atomic mass is 32.2. The SMILES string of the molecule is CCCCCCc1c(N)nc(SC)[nH]c1=O. The summed E-state index contributed by atoms with van der Waals surface area (Å²) in [4.78, 5) is 18.6. The van der Waals surface area contributed by atoms with E-state index >= 15 is 0 Å². The molecule has 3 N–H and O–H groups in total. The summed E-state index contributed by atoms with van der Waals surface area (Å²) >= 11 is 1.39. The Morgan fingerprint density at radius 3 is 2.69 bits per heavy atom. The lowest BCUT2D eigenvalue weighted by molar-refractivity contribution is 0.662. The number of hydrogen-bond donors (Lipinski definition) is 2. The van der Waals surface area contributed by atoms with E-state index in [0.717, 1.165) is 19.3 Å². The van der Waals surface area contributed by atoms with Gasteiger partial charge in [-0.3, -0.25) is 4.79 Å². The van der Waals surface area contributed by atoms with Gasteiger partial charge in [0.15, 0.2) is 5.16 Å². The van der Waals surface area contributed by atoms with Crippen molar-refractivity contribution in [2.75, 3.05) is 12.0 Å². The number of anilines is 1. The Hall–Kier alpha value is -0.970. The summed E-state index contributed by atoms with van der Waals surface area (Å²) in [5, 5.41) is 0.583. The van der Waals surface area contributed by atoms with Crippen LogP contribution in [0, 0.1) is 0 Å².